The average Bonchev–Trinajstić information content (AvgIpc) is 2.37. The predicted molar refractivity (Wildman–Crippen MR) is 72.8 cm³/mol. The quantitative estimate of drug-likeness (QED) is 0.665. The smallest absolute Gasteiger partial charge is 0.0720 e. The van der Waals surface area contributed by atoms with Crippen molar-refractivity contribution in [2.45, 2.75) is 51.7 Å². The Morgan fingerprint density at radius 1 is 1.12 bits per heavy atom. The molecule has 0 saturated carbocycles. The fraction of sp³-hybridized carbons (Fsp3) is 0.600. The third-order valence-electron chi connectivity index (χ3n) is 2.95. The first kappa shape index (κ1) is 14.2. The maximum Gasteiger partial charge on any atom is 0.0720 e. The van der Waals surface area contributed by atoms with Crippen LogP contribution in [0.2, 0.25) is 0 Å². The molecule has 0 amide bonds. The van der Waals surface area contributed by atoms with E-state index in [9.17, 15) is 0 Å². The van der Waals surface area contributed by atoms with E-state index >= 15 is 0 Å². The standard InChI is InChI=1S/C15H25NO/c1-2-3-5-10-15(11-12-16)17-13-14-8-6-4-7-9-14/h4,6-9,15H,2-3,5,10-13,16H2,1H3. The number of unbranched alkanes of at least 4 members (excludes halogenated alkanes) is 2. The van der Waals surface area contributed by atoms with Gasteiger partial charge in [0.15, 0.2) is 0 Å². The van der Waals surface area contributed by atoms with Gasteiger partial charge in [0.25, 0.3) is 0 Å². The Hall–Kier alpha value is -0.860. The molecule has 1 unspecified atom stereocenters. The molecule has 2 nitrogen and oxygen atoms in total. The number of ether oxygens (including phenoxy) is 1. The molecule has 17 heavy (non-hydrogen) atoms. The summed E-state index contributed by atoms with van der Waals surface area (Å²) in [4.78, 5) is 0. The van der Waals surface area contributed by atoms with Gasteiger partial charge in [-0.05, 0) is 24.9 Å². The highest BCUT2D eigenvalue weighted by atomic mass is 16.5. The van der Waals surface area contributed by atoms with Gasteiger partial charge >= 0.3 is 0 Å². The molecule has 1 aromatic rings. The zero-order valence-electron chi connectivity index (χ0n) is 10.9. The molecule has 0 aliphatic carbocycles. The summed E-state index contributed by atoms with van der Waals surface area (Å²) in [5.41, 5.74) is 6.86. The molecule has 0 aromatic heterocycles. The molecular weight excluding hydrogens is 210 g/mol. The van der Waals surface area contributed by atoms with Crippen LogP contribution in [0.5, 0.6) is 0 Å². The molecule has 0 bridgehead atoms. The second-order valence-corrected chi connectivity index (χ2v) is 4.49. The second kappa shape index (κ2) is 9.20. The van der Waals surface area contributed by atoms with Crippen LogP contribution in [0.25, 0.3) is 0 Å². The van der Waals surface area contributed by atoms with Crippen molar-refractivity contribution >= 4 is 0 Å². The minimum absolute atomic E-state index is 0.326. The Balaban J connectivity index is 2.28. The van der Waals surface area contributed by atoms with Gasteiger partial charge in [-0.15, -0.1) is 0 Å². The van der Waals surface area contributed by atoms with Crippen LogP contribution in [0.4, 0.5) is 0 Å². The summed E-state index contributed by atoms with van der Waals surface area (Å²) in [6.45, 7) is 3.64. The molecule has 2 N–H and O–H groups in total. The van der Waals surface area contributed by atoms with Crippen molar-refractivity contribution in [3.8, 4) is 0 Å². The van der Waals surface area contributed by atoms with Crippen molar-refractivity contribution in [1.29, 1.82) is 0 Å². The van der Waals surface area contributed by atoms with E-state index in [0.29, 0.717) is 19.3 Å². The van der Waals surface area contributed by atoms with Crippen molar-refractivity contribution < 1.29 is 4.74 Å². The summed E-state index contributed by atoms with van der Waals surface area (Å²) in [6.07, 6.45) is 6.22. The molecule has 0 saturated heterocycles. The third kappa shape index (κ3) is 6.44. The summed E-state index contributed by atoms with van der Waals surface area (Å²) in [5, 5.41) is 0. The fourth-order valence-electron chi connectivity index (χ4n) is 1.91. The lowest BCUT2D eigenvalue weighted by atomic mass is 10.1. The van der Waals surface area contributed by atoms with Gasteiger partial charge in [0.2, 0.25) is 0 Å². The highest BCUT2D eigenvalue weighted by molar-refractivity contribution is 5.13. The van der Waals surface area contributed by atoms with E-state index in [2.05, 4.69) is 19.1 Å². The van der Waals surface area contributed by atoms with Gasteiger partial charge < -0.3 is 10.5 Å². The van der Waals surface area contributed by atoms with E-state index in [0.717, 1.165) is 12.8 Å². The van der Waals surface area contributed by atoms with Crippen molar-refractivity contribution in [2.24, 2.45) is 5.73 Å². The summed E-state index contributed by atoms with van der Waals surface area (Å²) >= 11 is 0. The first-order valence-corrected chi connectivity index (χ1v) is 6.72. The van der Waals surface area contributed by atoms with Crippen LogP contribution < -0.4 is 5.73 Å². The van der Waals surface area contributed by atoms with Gasteiger partial charge in [0.05, 0.1) is 12.7 Å². The molecule has 2 heteroatoms. The maximum atomic E-state index is 5.94. The molecule has 0 spiro atoms. The lowest BCUT2D eigenvalue weighted by Gasteiger charge is -2.17. The Morgan fingerprint density at radius 2 is 1.88 bits per heavy atom. The van der Waals surface area contributed by atoms with Gasteiger partial charge in [0, 0.05) is 0 Å². The SMILES string of the molecule is CCCCCC(CCN)OCc1ccccc1. The Kier molecular flexibility index (Phi) is 7.69. The normalized spacial score (nSPS) is 12.6. The predicted octanol–water partition coefficient (Wildman–Crippen LogP) is 3.50. The van der Waals surface area contributed by atoms with E-state index in [-0.39, 0.29) is 0 Å². The highest BCUT2D eigenvalue weighted by Crippen LogP contribution is 2.12. The molecule has 0 fully saturated rings. The highest BCUT2D eigenvalue weighted by Gasteiger charge is 2.07. The van der Waals surface area contributed by atoms with E-state index < -0.39 is 0 Å². The van der Waals surface area contributed by atoms with Crippen LogP contribution in [0, 0.1) is 0 Å². The number of hydrogen-bond acceptors (Lipinski definition) is 2. The molecule has 0 aliphatic heterocycles. The van der Waals surface area contributed by atoms with E-state index in [1.165, 1.54) is 24.8 Å². The van der Waals surface area contributed by atoms with Gasteiger partial charge in [-0.1, -0.05) is 56.5 Å². The first-order chi connectivity index (χ1) is 8.36. The minimum atomic E-state index is 0.326. The fourth-order valence-corrected chi connectivity index (χ4v) is 1.91. The Labute approximate surface area is 105 Å². The van der Waals surface area contributed by atoms with Crippen LogP contribution in [-0.4, -0.2) is 12.6 Å². The van der Waals surface area contributed by atoms with E-state index in [1.807, 2.05) is 18.2 Å². The van der Waals surface area contributed by atoms with Crippen LogP contribution in [0.15, 0.2) is 30.3 Å². The molecule has 0 radical (unpaired) electrons. The molecule has 0 aliphatic rings. The van der Waals surface area contributed by atoms with Gasteiger partial charge in [0.1, 0.15) is 0 Å². The Morgan fingerprint density at radius 3 is 2.53 bits per heavy atom. The monoisotopic (exact) mass is 235 g/mol. The molecule has 1 aromatic carbocycles. The summed E-state index contributed by atoms with van der Waals surface area (Å²) in [6, 6.07) is 10.3. The maximum absolute atomic E-state index is 5.94. The summed E-state index contributed by atoms with van der Waals surface area (Å²) in [7, 11) is 0. The molecule has 0 heterocycles. The number of hydrogen-bond donors (Lipinski definition) is 1. The largest absolute Gasteiger partial charge is 0.373 e. The zero-order chi connectivity index (χ0) is 12.3. The molecule has 96 valence electrons. The van der Waals surface area contributed by atoms with Crippen molar-refractivity contribution in [1.82, 2.24) is 0 Å². The van der Waals surface area contributed by atoms with Crippen LogP contribution >= 0.6 is 0 Å². The Bertz CT molecular complexity index is 274. The van der Waals surface area contributed by atoms with Crippen molar-refractivity contribution in [3.63, 3.8) is 0 Å². The number of benzene rings is 1. The summed E-state index contributed by atoms with van der Waals surface area (Å²) < 4.78 is 5.94. The van der Waals surface area contributed by atoms with Gasteiger partial charge in [-0.2, -0.15) is 0 Å². The lowest BCUT2D eigenvalue weighted by Crippen LogP contribution is -2.17. The average molecular weight is 235 g/mol. The van der Waals surface area contributed by atoms with Crippen LogP contribution in [-0.2, 0) is 11.3 Å². The van der Waals surface area contributed by atoms with E-state index in [4.69, 9.17) is 10.5 Å². The number of nitrogens with two attached hydrogens (primary N) is 1. The topological polar surface area (TPSA) is 35.2 Å². The van der Waals surface area contributed by atoms with Crippen molar-refractivity contribution in [2.75, 3.05) is 6.54 Å². The van der Waals surface area contributed by atoms with Crippen LogP contribution in [0.3, 0.4) is 0 Å². The first-order valence-electron chi connectivity index (χ1n) is 6.72. The second-order valence-electron chi connectivity index (χ2n) is 4.49. The molecule has 1 atom stereocenters. The van der Waals surface area contributed by atoms with Gasteiger partial charge in [-0.3, -0.25) is 0 Å². The third-order valence-corrected chi connectivity index (χ3v) is 2.95. The minimum Gasteiger partial charge on any atom is -0.373 e. The lowest BCUT2D eigenvalue weighted by molar-refractivity contribution is 0.0294. The van der Waals surface area contributed by atoms with Gasteiger partial charge in [-0.25, -0.2) is 0 Å². The van der Waals surface area contributed by atoms with Crippen LogP contribution in [0.1, 0.15) is 44.6 Å². The van der Waals surface area contributed by atoms with E-state index in [1.54, 1.807) is 0 Å². The molecule has 1 rings (SSSR count). The molecular formula is C15H25NO. The summed E-state index contributed by atoms with van der Waals surface area (Å²) in [5.74, 6) is 0. The zero-order valence-corrected chi connectivity index (χ0v) is 10.9. The number of rotatable bonds is 9. The van der Waals surface area contributed by atoms with Crippen molar-refractivity contribution in [3.05, 3.63) is 35.9 Å².